The van der Waals surface area contributed by atoms with E-state index in [9.17, 15) is 14.4 Å². The lowest BCUT2D eigenvalue weighted by atomic mass is 9.90. The number of hydrogen-bond acceptors (Lipinski definition) is 15. The highest BCUT2D eigenvalue weighted by molar-refractivity contribution is 6.05. The normalized spacial score (nSPS) is 23.2. The maximum atomic E-state index is 14.3. The van der Waals surface area contributed by atoms with Gasteiger partial charge in [-0.05, 0) is 158 Å². The lowest BCUT2D eigenvalue weighted by Gasteiger charge is -2.32. The lowest BCUT2D eigenvalue weighted by molar-refractivity contribution is 0.0488. The van der Waals surface area contributed by atoms with Crippen molar-refractivity contribution >= 4 is 61.6 Å². The average Bonchev–Trinajstić information content (AvgIpc) is 4.45. The highest BCUT2D eigenvalue weighted by atomic mass is 16.6. The van der Waals surface area contributed by atoms with Crippen molar-refractivity contribution in [2.24, 2.45) is 17.6 Å². The maximum absolute atomic E-state index is 14.3. The number of nitrogens with zero attached hydrogens (tertiary/aromatic N) is 10. The predicted molar refractivity (Wildman–Crippen MR) is 307 cm³/mol. The fraction of sp³-hybridized carbons (Fsp3) is 0.610. The van der Waals surface area contributed by atoms with Crippen LogP contribution < -0.4 is 32.8 Å². The van der Waals surface area contributed by atoms with Crippen LogP contribution in [0.3, 0.4) is 0 Å². The lowest BCUT2D eigenvalue weighted by Crippen LogP contribution is -2.43. The number of benzene rings is 2. The highest BCUT2D eigenvalue weighted by Crippen LogP contribution is 2.35. The zero-order valence-electron chi connectivity index (χ0n) is 46.2. The van der Waals surface area contributed by atoms with Crippen molar-refractivity contribution in [1.29, 1.82) is 0 Å². The summed E-state index contributed by atoms with van der Waals surface area (Å²) in [6.45, 7) is 17.5. The number of anilines is 2. The van der Waals surface area contributed by atoms with Gasteiger partial charge in [-0.25, -0.2) is 14.8 Å². The number of aromatic nitrogens is 6. The second-order valence-electron chi connectivity index (χ2n) is 24.5. The van der Waals surface area contributed by atoms with Gasteiger partial charge < -0.3 is 36.2 Å². The molecule has 0 unspecified atom stereocenters. The van der Waals surface area contributed by atoms with E-state index < -0.39 is 5.60 Å². The smallest absolute Gasteiger partial charge is 0.407 e. The van der Waals surface area contributed by atoms with E-state index in [0.29, 0.717) is 23.5 Å². The van der Waals surface area contributed by atoms with Crippen molar-refractivity contribution < 1.29 is 9.53 Å². The van der Waals surface area contributed by atoms with Gasteiger partial charge in [0.1, 0.15) is 16.9 Å². The molecule has 2 aliphatic heterocycles. The number of carbonyl (C=O) groups is 1. The van der Waals surface area contributed by atoms with Crippen LogP contribution in [-0.4, -0.2) is 152 Å². The quantitative estimate of drug-likeness (QED) is 0.0831. The number of alkyl carbamates (subject to hydrolysis) is 1. The third-order valence-corrected chi connectivity index (χ3v) is 17.0. The van der Waals surface area contributed by atoms with Gasteiger partial charge in [0, 0.05) is 137 Å². The monoisotopic (exact) mass is 1050 g/mol. The number of rotatable bonds is 13. The number of nitrogens with two attached hydrogens (primary N) is 1. The number of hydrogen-bond donors (Lipinski definition) is 4. The van der Waals surface area contributed by atoms with Crippen LogP contribution >= 0.6 is 0 Å². The SMILES string of the molecule is CN1CCN(Cc2ccc3c(c2)c(=O)n(C2CCC(N)CC2)c2nc(NCC4CC4)ncc32)CC1.CN1CCN(Cc2ccc3c(c2)c(=O)n(C2CCC(NC(=O)OC(C)(C)C)CC2)c2nc(NCC4CC4)ncc32)CC1. The fourth-order valence-electron chi connectivity index (χ4n) is 12.0. The first-order valence-electron chi connectivity index (χ1n) is 28.9. The first-order valence-corrected chi connectivity index (χ1v) is 28.9. The Morgan fingerprint density at radius 2 is 1.01 bits per heavy atom. The molecule has 2 saturated heterocycles. The van der Waals surface area contributed by atoms with Crippen LogP contribution in [0.4, 0.5) is 16.7 Å². The summed E-state index contributed by atoms with van der Waals surface area (Å²) in [6.07, 6.45) is 15.2. The van der Waals surface area contributed by atoms with E-state index in [4.69, 9.17) is 20.4 Å². The number of ether oxygens (including phenoxy) is 1. The maximum Gasteiger partial charge on any atom is 0.407 e. The Kier molecular flexibility index (Phi) is 15.8. The summed E-state index contributed by atoms with van der Waals surface area (Å²) in [6, 6.07) is 13.1. The minimum Gasteiger partial charge on any atom is -0.444 e. The summed E-state index contributed by atoms with van der Waals surface area (Å²) in [7, 11) is 4.34. The number of piperazine rings is 2. The molecule has 6 fully saturated rings. The molecule has 4 aliphatic carbocycles. The van der Waals surface area contributed by atoms with Gasteiger partial charge in [0.05, 0.1) is 0 Å². The van der Waals surface area contributed by atoms with E-state index in [-0.39, 0.29) is 41.4 Å². The van der Waals surface area contributed by atoms with Gasteiger partial charge >= 0.3 is 6.09 Å². The number of nitrogens with one attached hydrogen (secondary N) is 3. The van der Waals surface area contributed by atoms with Crippen LogP contribution in [0.2, 0.25) is 0 Å². The van der Waals surface area contributed by atoms with Gasteiger partial charge in [0.15, 0.2) is 0 Å². The molecule has 4 saturated carbocycles. The van der Waals surface area contributed by atoms with Gasteiger partial charge in [-0.3, -0.25) is 28.5 Å². The fourth-order valence-corrected chi connectivity index (χ4v) is 12.0. The van der Waals surface area contributed by atoms with Gasteiger partial charge in [-0.1, -0.05) is 24.3 Å². The Morgan fingerprint density at radius 3 is 1.43 bits per heavy atom. The molecular weight excluding hydrogens is 969 g/mol. The Bertz CT molecular complexity index is 3190. The van der Waals surface area contributed by atoms with Crippen molar-refractivity contribution in [2.75, 3.05) is 90.2 Å². The van der Waals surface area contributed by atoms with Gasteiger partial charge in [0.25, 0.3) is 11.1 Å². The summed E-state index contributed by atoms with van der Waals surface area (Å²) < 4.78 is 9.36. The van der Waals surface area contributed by atoms with Gasteiger partial charge in [-0.15, -0.1) is 0 Å². The van der Waals surface area contributed by atoms with E-state index in [1.807, 2.05) is 42.3 Å². The largest absolute Gasteiger partial charge is 0.444 e. The third-order valence-electron chi connectivity index (χ3n) is 17.0. The summed E-state index contributed by atoms with van der Waals surface area (Å²) >= 11 is 0. The zero-order chi connectivity index (χ0) is 53.4. The van der Waals surface area contributed by atoms with Gasteiger partial charge in [-0.2, -0.15) is 9.97 Å². The summed E-state index contributed by atoms with van der Waals surface area (Å²) in [4.78, 5) is 69.5. The Hall–Kier alpha value is -5.79. The summed E-state index contributed by atoms with van der Waals surface area (Å²) in [5.41, 5.74) is 9.54. The number of pyridine rings is 2. The molecule has 6 aliphatic rings. The minimum absolute atomic E-state index is 0.00597. The Morgan fingerprint density at radius 1 is 0.584 bits per heavy atom. The zero-order valence-corrected chi connectivity index (χ0v) is 46.2. The number of likely N-dealkylation sites (N-methyl/N-ethyl adjacent to an activating group) is 2. The van der Waals surface area contributed by atoms with Crippen LogP contribution in [-0.2, 0) is 17.8 Å². The molecule has 5 N–H and O–H groups in total. The van der Waals surface area contributed by atoms with Crippen molar-refractivity contribution in [3.8, 4) is 0 Å². The van der Waals surface area contributed by atoms with Crippen LogP contribution in [0.15, 0.2) is 58.4 Å². The van der Waals surface area contributed by atoms with Crippen LogP contribution in [0, 0.1) is 11.8 Å². The molecule has 2 aromatic carbocycles. The van der Waals surface area contributed by atoms with E-state index in [2.05, 4.69) is 96.0 Å². The Labute approximate surface area is 452 Å². The molecule has 1 amide bonds. The van der Waals surface area contributed by atoms with E-state index in [0.717, 1.165) is 179 Å². The number of carbonyl (C=O) groups excluding carboxylic acids is 1. The first kappa shape index (κ1) is 53.2. The highest BCUT2D eigenvalue weighted by Gasteiger charge is 2.30. The molecule has 18 heteroatoms. The van der Waals surface area contributed by atoms with Crippen molar-refractivity contribution in [2.45, 2.75) is 141 Å². The topological polar surface area (TPSA) is 197 Å². The number of amides is 1. The summed E-state index contributed by atoms with van der Waals surface area (Å²) in [5.74, 6) is 2.62. The standard InChI is InChI=1S/C32H45N7O3.C27H37N7O/c1-32(2,3)42-31(41)35-23-8-10-24(11-9-23)39-28-27(19-34-30(36-28)33-18-21-5-6-21)25-12-7-22(17-26(25)29(39)40)20-38-15-13-37(4)14-16-38;1-32-10-12-33(13-11-32)17-19-4-9-22-23(14-19)26(35)34(21-7-5-20(28)6-8-21)25-24(22)16-30-27(31-25)29-15-18-2-3-18/h7,12,17,19,21,23-24H,5-6,8-11,13-16,18,20H2,1-4H3,(H,35,41)(H,33,34,36);4,9,14,16,18,20-21H,2-3,5-8,10-13,15,17,28H2,1H3,(H,29,30,31). The van der Waals surface area contributed by atoms with E-state index in [1.54, 1.807) is 0 Å². The third kappa shape index (κ3) is 12.9. The van der Waals surface area contributed by atoms with E-state index >= 15 is 0 Å². The first-order chi connectivity index (χ1) is 37.2. The van der Waals surface area contributed by atoms with Gasteiger partial charge in [0.2, 0.25) is 11.9 Å². The van der Waals surface area contributed by atoms with Crippen LogP contribution in [0.5, 0.6) is 0 Å². The molecule has 412 valence electrons. The molecule has 77 heavy (non-hydrogen) atoms. The molecule has 4 aromatic heterocycles. The molecule has 6 aromatic rings. The summed E-state index contributed by atoms with van der Waals surface area (Å²) in [5, 5.41) is 15.0. The molecule has 0 bridgehead atoms. The Balaban J connectivity index is 0.000000166. The van der Waals surface area contributed by atoms with Crippen molar-refractivity contribution in [3.05, 3.63) is 80.6 Å². The molecule has 6 heterocycles. The average molecular weight is 1050 g/mol. The number of fused-ring (bicyclic) bond motifs is 6. The molecule has 12 rings (SSSR count). The van der Waals surface area contributed by atoms with E-state index in [1.165, 1.54) is 31.2 Å². The molecular formula is C59H82N14O4. The van der Waals surface area contributed by atoms with Crippen LogP contribution in [0.1, 0.15) is 121 Å². The minimum atomic E-state index is -0.535. The second kappa shape index (κ2) is 22.9. The predicted octanol–water partition coefficient (Wildman–Crippen LogP) is 7.48. The second-order valence-corrected chi connectivity index (χ2v) is 24.5. The van der Waals surface area contributed by atoms with Crippen molar-refractivity contribution in [3.63, 3.8) is 0 Å². The molecule has 18 nitrogen and oxygen atoms in total. The molecule has 0 spiro atoms. The van der Waals surface area contributed by atoms with Crippen LogP contribution in [0.25, 0.3) is 43.6 Å². The molecule has 0 atom stereocenters. The van der Waals surface area contributed by atoms with Crippen molar-refractivity contribution in [1.82, 2.24) is 54.0 Å². The molecule has 0 radical (unpaired) electrons.